The highest BCUT2D eigenvalue weighted by Crippen LogP contribution is 2.19. The zero-order valence-electron chi connectivity index (χ0n) is 10.5. The van der Waals surface area contributed by atoms with Crippen molar-refractivity contribution in [1.29, 1.82) is 5.26 Å². The van der Waals surface area contributed by atoms with E-state index in [4.69, 9.17) is 0 Å². The van der Waals surface area contributed by atoms with Gasteiger partial charge in [-0.05, 0) is 36.8 Å². The summed E-state index contributed by atoms with van der Waals surface area (Å²) in [6.07, 6.45) is 5.41. The molecule has 4 nitrogen and oxygen atoms in total. The zero-order chi connectivity index (χ0) is 13.2. The first-order valence-corrected chi connectivity index (χ1v) is 5.98. The summed E-state index contributed by atoms with van der Waals surface area (Å²) in [5.74, 6) is 0.762. The number of hydrogen-bond donors (Lipinski definition) is 0. The maximum atomic E-state index is 9.22. The third kappa shape index (κ3) is 1.91. The van der Waals surface area contributed by atoms with Crippen LogP contribution in [0.4, 0.5) is 0 Å². The van der Waals surface area contributed by atoms with E-state index in [1.807, 2.05) is 60.3 Å². The first kappa shape index (κ1) is 11.3. The Labute approximate surface area is 111 Å². The molecule has 0 spiro atoms. The van der Waals surface area contributed by atoms with E-state index in [1.54, 1.807) is 10.9 Å². The van der Waals surface area contributed by atoms with E-state index in [9.17, 15) is 5.26 Å². The summed E-state index contributed by atoms with van der Waals surface area (Å²) in [6, 6.07) is 14.1. The number of benzene rings is 1. The van der Waals surface area contributed by atoms with Gasteiger partial charge in [-0.2, -0.15) is 10.4 Å². The summed E-state index contributed by atoms with van der Waals surface area (Å²) in [4.78, 5) is 0. The second-order valence-corrected chi connectivity index (χ2v) is 4.33. The van der Waals surface area contributed by atoms with Crippen molar-refractivity contribution in [2.24, 2.45) is 0 Å². The van der Waals surface area contributed by atoms with Crippen LogP contribution in [0.3, 0.4) is 0 Å². The number of aromatic nitrogens is 3. The minimum atomic E-state index is 0.553. The highest BCUT2D eigenvalue weighted by atomic mass is 15.3. The molecule has 0 atom stereocenters. The predicted molar refractivity (Wildman–Crippen MR) is 72.3 cm³/mol. The number of nitriles is 1. The van der Waals surface area contributed by atoms with Crippen LogP contribution in [0.1, 0.15) is 11.1 Å². The van der Waals surface area contributed by atoms with Crippen LogP contribution in [0, 0.1) is 18.3 Å². The summed E-state index contributed by atoms with van der Waals surface area (Å²) in [5, 5.41) is 13.5. The molecule has 19 heavy (non-hydrogen) atoms. The van der Waals surface area contributed by atoms with Crippen LogP contribution in [0.5, 0.6) is 0 Å². The summed E-state index contributed by atoms with van der Waals surface area (Å²) >= 11 is 0. The highest BCUT2D eigenvalue weighted by molar-refractivity contribution is 5.49. The second-order valence-electron chi connectivity index (χ2n) is 4.33. The van der Waals surface area contributed by atoms with Crippen LogP contribution in [-0.4, -0.2) is 14.3 Å². The minimum Gasteiger partial charge on any atom is -0.307 e. The van der Waals surface area contributed by atoms with Gasteiger partial charge in [-0.15, -0.1) is 0 Å². The van der Waals surface area contributed by atoms with E-state index in [-0.39, 0.29) is 0 Å². The molecule has 0 bridgehead atoms. The molecule has 4 heteroatoms. The lowest BCUT2D eigenvalue weighted by Crippen LogP contribution is -2.05. The van der Waals surface area contributed by atoms with Crippen LogP contribution in [0.15, 0.2) is 55.0 Å². The van der Waals surface area contributed by atoms with Gasteiger partial charge in [-0.25, -0.2) is 4.68 Å². The van der Waals surface area contributed by atoms with Gasteiger partial charge < -0.3 is 4.57 Å². The molecule has 0 fully saturated rings. The number of hydrogen-bond acceptors (Lipinski definition) is 2. The average Bonchev–Trinajstić information content (AvgIpc) is 3.07. The Morgan fingerprint density at radius 3 is 2.63 bits per heavy atom. The number of aryl methyl sites for hydroxylation is 1. The SMILES string of the molecule is Cc1cccc(-n2ncc(C#N)c2-n2cccc2)c1. The van der Waals surface area contributed by atoms with E-state index < -0.39 is 0 Å². The Balaban J connectivity index is 2.24. The maximum absolute atomic E-state index is 9.22. The van der Waals surface area contributed by atoms with Gasteiger partial charge in [-0.1, -0.05) is 12.1 Å². The number of nitrogens with zero attached hydrogens (tertiary/aromatic N) is 4. The lowest BCUT2D eigenvalue weighted by Gasteiger charge is -2.09. The Bertz CT molecular complexity index is 745. The Morgan fingerprint density at radius 2 is 1.95 bits per heavy atom. The fourth-order valence-electron chi connectivity index (χ4n) is 2.09. The van der Waals surface area contributed by atoms with Crippen molar-refractivity contribution >= 4 is 0 Å². The van der Waals surface area contributed by atoms with E-state index in [1.165, 1.54) is 0 Å². The molecule has 0 amide bonds. The first-order valence-electron chi connectivity index (χ1n) is 5.98. The summed E-state index contributed by atoms with van der Waals surface area (Å²) in [6.45, 7) is 2.04. The Hall–Kier alpha value is -2.80. The maximum Gasteiger partial charge on any atom is 0.158 e. The average molecular weight is 248 g/mol. The molecule has 2 heterocycles. The molecule has 0 unspecified atom stereocenters. The van der Waals surface area contributed by atoms with Gasteiger partial charge in [0, 0.05) is 12.4 Å². The fraction of sp³-hybridized carbons (Fsp3) is 0.0667. The van der Waals surface area contributed by atoms with Crippen LogP contribution >= 0.6 is 0 Å². The van der Waals surface area contributed by atoms with Gasteiger partial charge in [0.05, 0.1) is 11.9 Å². The van der Waals surface area contributed by atoms with E-state index >= 15 is 0 Å². The molecule has 92 valence electrons. The molecule has 2 aromatic heterocycles. The van der Waals surface area contributed by atoms with Gasteiger partial charge in [-0.3, -0.25) is 0 Å². The first-order chi connectivity index (χ1) is 9.29. The Morgan fingerprint density at radius 1 is 1.16 bits per heavy atom. The summed E-state index contributed by atoms with van der Waals surface area (Å²) in [5.41, 5.74) is 2.66. The van der Waals surface area contributed by atoms with Gasteiger partial charge in [0.2, 0.25) is 0 Å². The van der Waals surface area contributed by atoms with Crippen LogP contribution in [0.25, 0.3) is 11.5 Å². The van der Waals surface area contributed by atoms with Crippen molar-refractivity contribution in [2.45, 2.75) is 6.92 Å². The van der Waals surface area contributed by atoms with Crippen molar-refractivity contribution in [3.05, 3.63) is 66.1 Å². The standard InChI is InChI=1S/C15H12N4/c1-12-5-4-6-14(9-12)19-15(13(10-16)11-17-19)18-7-2-3-8-18/h2-9,11H,1H3. The van der Waals surface area contributed by atoms with Crippen LogP contribution in [0.2, 0.25) is 0 Å². The van der Waals surface area contributed by atoms with Crippen LogP contribution in [-0.2, 0) is 0 Å². The molecule has 0 aliphatic carbocycles. The molecular formula is C15H12N4. The molecule has 3 aromatic rings. The molecular weight excluding hydrogens is 236 g/mol. The molecule has 0 aliphatic heterocycles. The van der Waals surface area contributed by atoms with Crippen molar-refractivity contribution in [3.8, 4) is 17.6 Å². The summed E-state index contributed by atoms with van der Waals surface area (Å²) in [7, 11) is 0. The predicted octanol–water partition coefficient (Wildman–Crippen LogP) is 2.84. The van der Waals surface area contributed by atoms with Gasteiger partial charge in [0.15, 0.2) is 5.82 Å². The highest BCUT2D eigenvalue weighted by Gasteiger charge is 2.13. The zero-order valence-corrected chi connectivity index (χ0v) is 10.5. The van der Waals surface area contributed by atoms with Crippen molar-refractivity contribution in [1.82, 2.24) is 14.3 Å². The van der Waals surface area contributed by atoms with Gasteiger partial charge >= 0.3 is 0 Å². The van der Waals surface area contributed by atoms with E-state index in [0.717, 1.165) is 17.1 Å². The van der Waals surface area contributed by atoms with Gasteiger partial charge in [0.25, 0.3) is 0 Å². The van der Waals surface area contributed by atoms with E-state index in [2.05, 4.69) is 11.2 Å². The third-order valence-corrected chi connectivity index (χ3v) is 2.96. The molecule has 0 aliphatic rings. The smallest absolute Gasteiger partial charge is 0.158 e. The summed E-state index contributed by atoms with van der Waals surface area (Å²) < 4.78 is 3.68. The van der Waals surface area contributed by atoms with Crippen molar-refractivity contribution in [2.75, 3.05) is 0 Å². The molecule has 0 radical (unpaired) electrons. The van der Waals surface area contributed by atoms with Crippen molar-refractivity contribution in [3.63, 3.8) is 0 Å². The quantitative estimate of drug-likeness (QED) is 0.700. The molecule has 3 rings (SSSR count). The molecule has 0 saturated carbocycles. The topological polar surface area (TPSA) is 46.5 Å². The van der Waals surface area contributed by atoms with Gasteiger partial charge in [0.1, 0.15) is 11.6 Å². The lowest BCUT2D eigenvalue weighted by molar-refractivity contribution is 0.822. The fourth-order valence-corrected chi connectivity index (χ4v) is 2.09. The molecule has 1 aromatic carbocycles. The van der Waals surface area contributed by atoms with Crippen molar-refractivity contribution < 1.29 is 0 Å². The third-order valence-electron chi connectivity index (χ3n) is 2.96. The monoisotopic (exact) mass is 248 g/mol. The van der Waals surface area contributed by atoms with E-state index in [0.29, 0.717) is 5.56 Å². The number of rotatable bonds is 2. The largest absolute Gasteiger partial charge is 0.307 e. The lowest BCUT2D eigenvalue weighted by atomic mass is 10.2. The second kappa shape index (κ2) is 4.46. The normalized spacial score (nSPS) is 10.3. The minimum absolute atomic E-state index is 0.553. The van der Waals surface area contributed by atoms with Crippen LogP contribution < -0.4 is 0 Å². The Kier molecular flexibility index (Phi) is 2.66. The molecule has 0 saturated heterocycles. The molecule has 0 N–H and O–H groups in total.